The number of amides is 2. The number of hydrogen-bond donors (Lipinski definition) is 6. The summed E-state index contributed by atoms with van der Waals surface area (Å²) in [6.07, 6.45) is -4.79. The van der Waals surface area contributed by atoms with Crippen LogP contribution in [-0.4, -0.2) is 68.5 Å². The van der Waals surface area contributed by atoms with Crippen molar-refractivity contribution in [1.29, 1.82) is 0 Å². The molecule has 2 rings (SSSR count). The number of rotatable bonds is 11. The molecule has 0 aliphatic rings. The van der Waals surface area contributed by atoms with Gasteiger partial charge in [-0.05, 0) is 11.1 Å². The lowest BCUT2D eigenvalue weighted by Crippen LogP contribution is -2.55. The van der Waals surface area contributed by atoms with Crippen LogP contribution in [0.1, 0.15) is 11.1 Å². The van der Waals surface area contributed by atoms with Gasteiger partial charge in [-0.1, -0.05) is 60.7 Å². The summed E-state index contributed by atoms with van der Waals surface area (Å²) in [5.74, 6) is -5.32. The van der Waals surface area contributed by atoms with Gasteiger partial charge in [-0.2, -0.15) is 0 Å². The Morgan fingerprint density at radius 3 is 1.22 bits per heavy atom. The zero-order chi connectivity index (χ0) is 23.7. The van der Waals surface area contributed by atoms with Gasteiger partial charge in [0.2, 0.25) is 0 Å². The molecule has 0 saturated carbocycles. The first-order valence-corrected chi connectivity index (χ1v) is 9.69. The van der Waals surface area contributed by atoms with Gasteiger partial charge in [-0.25, -0.2) is 9.59 Å². The number of aliphatic carboxylic acids is 2. The predicted molar refractivity (Wildman–Crippen MR) is 111 cm³/mol. The van der Waals surface area contributed by atoms with Crippen molar-refractivity contribution in [2.45, 2.75) is 37.1 Å². The summed E-state index contributed by atoms with van der Waals surface area (Å²) in [5, 5.41) is 42.9. The molecular formula is C22H24N2O8. The second-order valence-electron chi connectivity index (χ2n) is 7.07. The minimum atomic E-state index is -2.31. The van der Waals surface area contributed by atoms with Gasteiger partial charge in [-0.15, -0.1) is 0 Å². The maximum absolute atomic E-state index is 12.2. The molecule has 0 saturated heterocycles. The molecule has 0 spiro atoms. The zero-order valence-corrected chi connectivity index (χ0v) is 16.9. The first-order valence-electron chi connectivity index (χ1n) is 9.69. The van der Waals surface area contributed by atoms with Crippen LogP contribution in [0.25, 0.3) is 0 Å². The van der Waals surface area contributed by atoms with Crippen LogP contribution in [0.5, 0.6) is 0 Å². The van der Waals surface area contributed by atoms with Crippen molar-refractivity contribution in [2.75, 3.05) is 0 Å². The van der Waals surface area contributed by atoms with Crippen molar-refractivity contribution in [3.63, 3.8) is 0 Å². The van der Waals surface area contributed by atoms with Crippen LogP contribution in [0.15, 0.2) is 60.7 Å². The SMILES string of the molecule is O=C(O)[C@H](Cc1ccccc1)NC(=O)[C@@H](O)[C@H](O)C(=O)N[C@H](Cc1ccccc1)C(=O)O. The lowest BCUT2D eigenvalue weighted by atomic mass is 10.0. The average Bonchev–Trinajstić information content (AvgIpc) is 2.78. The molecule has 0 aliphatic carbocycles. The molecule has 170 valence electrons. The van der Waals surface area contributed by atoms with Crippen LogP contribution in [0.2, 0.25) is 0 Å². The van der Waals surface area contributed by atoms with Crippen molar-refractivity contribution in [1.82, 2.24) is 10.6 Å². The van der Waals surface area contributed by atoms with Crippen LogP contribution in [-0.2, 0) is 32.0 Å². The van der Waals surface area contributed by atoms with Crippen molar-refractivity contribution in [2.24, 2.45) is 0 Å². The summed E-state index contributed by atoms with van der Waals surface area (Å²) >= 11 is 0. The number of carboxylic acids is 2. The molecule has 2 aromatic carbocycles. The first-order chi connectivity index (χ1) is 15.2. The summed E-state index contributed by atoms with van der Waals surface area (Å²) in [6, 6.07) is 14.0. The number of carbonyl (C=O) groups excluding carboxylic acids is 2. The fourth-order valence-corrected chi connectivity index (χ4v) is 2.90. The summed E-state index contributed by atoms with van der Waals surface area (Å²) < 4.78 is 0. The number of aliphatic hydroxyl groups excluding tert-OH is 2. The molecule has 0 unspecified atom stereocenters. The van der Waals surface area contributed by atoms with E-state index in [0.29, 0.717) is 11.1 Å². The number of carbonyl (C=O) groups is 4. The van der Waals surface area contributed by atoms with E-state index in [2.05, 4.69) is 10.6 Å². The molecule has 0 bridgehead atoms. The first kappa shape index (κ1) is 24.5. The molecule has 0 radical (unpaired) electrons. The fraction of sp³-hybridized carbons (Fsp3) is 0.273. The van der Waals surface area contributed by atoms with E-state index >= 15 is 0 Å². The van der Waals surface area contributed by atoms with Crippen LogP contribution in [0.4, 0.5) is 0 Å². The molecule has 0 fully saturated rings. The molecular weight excluding hydrogens is 420 g/mol. The number of hydrogen-bond acceptors (Lipinski definition) is 6. The average molecular weight is 444 g/mol. The third kappa shape index (κ3) is 7.18. The zero-order valence-electron chi connectivity index (χ0n) is 16.9. The molecule has 0 aromatic heterocycles. The summed E-state index contributed by atoms with van der Waals surface area (Å²) in [4.78, 5) is 47.4. The molecule has 32 heavy (non-hydrogen) atoms. The number of benzene rings is 2. The van der Waals surface area contributed by atoms with E-state index in [-0.39, 0.29) is 12.8 Å². The molecule has 0 aliphatic heterocycles. The fourth-order valence-electron chi connectivity index (χ4n) is 2.90. The normalized spacial score (nSPS) is 14.4. The Kier molecular flexibility index (Phi) is 8.87. The Bertz CT molecular complexity index is 858. The highest BCUT2D eigenvalue weighted by molar-refractivity contribution is 5.94. The van der Waals surface area contributed by atoms with Gasteiger partial charge in [0.1, 0.15) is 12.1 Å². The molecule has 0 heterocycles. The van der Waals surface area contributed by atoms with Gasteiger partial charge >= 0.3 is 11.9 Å². The van der Waals surface area contributed by atoms with Crippen LogP contribution < -0.4 is 10.6 Å². The topological polar surface area (TPSA) is 173 Å². The van der Waals surface area contributed by atoms with Crippen LogP contribution >= 0.6 is 0 Å². The van der Waals surface area contributed by atoms with E-state index < -0.39 is 48.0 Å². The quantitative estimate of drug-likeness (QED) is 0.265. The highest BCUT2D eigenvalue weighted by Gasteiger charge is 2.34. The largest absolute Gasteiger partial charge is 0.480 e. The Morgan fingerprint density at radius 2 is 0.938 bits per heavy atom. The molecule has 10 nitrogen and oxygen atoms in total. The Balaban J connectivity index is 1.99. The Morgan fingerprint density at radius 1 is 0.625 bits per heavy atom. The van der Waals surface area contributed by atoms with Gasteiger partial charge in [0.15, 0.2) is 12.2 Å². The number of carboxylic acid groups (broad SMARTS) is 2. The van der Waals surface area contributed by atoms with Gasteiger partial charge < -0.3 is 31.1 Å². The minimum Gasteiger partial charge on any atom is -0.480 e. The Labute approximate surface area is 183 Å². The molecule has 6 N–H and O–H groups in total. The maximum atomic E-state index is 12.2. The van der Waals surface area contributed by atoms with Crippen molar-refractivity contribution in [3.05, 3.63) is 71.8 Å². The van der Waals surface area contributed by atoms with Gasteiger partial charge in [0.25, 0.3) is 11.8 Å². The maximum Gasteiger partial charge on any atom is 0.326 e. The highest BCUT2D eigenvalue weighted by atomic mass is 16.4. The summed E-state index contributed by atoms with van der Waals surface area (Å²) in [6.45, 7) is 0. The molecule has 10 heteroatoms. The van der Waals surface area contributed by atoms with E-state index in [1.54, 1.807) is 60.7 Å². The third-order valence-corrected chi connectivity index (χ3v) is 4.63. The summed E-state index contributed by atoms with van der Waals surface area (Å²) in [7, 11) is 0. The van der Waals surface area contributed by atoms with E-state index in [0.717, 1.165) is 0 Å². The highest BCUT2D eigenvalue weighted by Crippen LogP contribution is 2.07. The van der Waals surface area contributed by atoms with Gasteiger partial charge in [-0.3, -0.25) is 9.59 Å². The predicted octanol–water partition coefficient (Wildman–Crippen LogP) is -0.668. The van der Waals surface area contributed by atoms with E-state index in [1.807, 2.05) is 0 Å². The molecule has 4 atom stereocenters. The third-order valence-electron chi connectivity index (χ3n) is 4.63. The lowest BCUT2D eigenvalue weighted by Gasteiger charge is -2.22. The lowest BCUT2D eigenvalue weighted by molar-refractivity contribution is -0.151. The van der Waals surface area contributed by atoms with Crippen molar-refractivity contribution < 1.29 is 39.6 Å². The van der Waals surface area contributed by atoms with E-state index in [1.165, 1.54) is 0 Å². The van der Waals surface area contributed by atoms with Crippen LogP contribution in [0.3, 0.4) is 0 Å². The Hall–Kier alpha value is -3.76. The number of aliphatic hydroxyl groups is 2. The monoisotopic (exact) mass is 444 g/mol. The smallest absolute Gasteiger partial charge is 0.326 e. The minimum absolute atomic E-state index is 0.0882. The van der Waals surface area contributed by atoms with Gasteiger partial charge in [0, 0.05) is 12.8 Å². The molecule has 2 aromatic rings. The van der Waals surface area contributed by atoms with Gasteiger partial charge in [0.05, 0.1) is 0 Å². The van der Waals surface area contributed by atoms with Crippen LogP contribution in [0, 0.1) is 0 Å². The van der Waals surface area contributed by atoms with E-state index in [4.69, 9.17) is 0 Å². The van der Waals surface area contributed by atoms with E-state index in [9.17, 15) is 39.6 Å². The second kappa shape index (κ2) is 11.6. The molecule has 2 amide bonds. The van der Waals surface area contributed by atoms with Crippen molar-refractivity contribution >= 4 is 23.8 Å². The number of nitrogens with one attached hydrogen (secondary N) is 2. The van der Waals surface area contributed by atoms with Crippen molar-refractivity contribution in [3.8, 4) is 0 Å². The second-order valence-corrected chi connectivity index (χ2v) is 7.07. The summed E-state index contributed by atoms with van der Waals surface area (Å²) in [5.41, 5.74) is 1.22. The standard InChI is InChI=1S/C22H24N2O8/c25-17(19(27)23-15(21(29)30)11-13-7-3-1-4-8-13)18(26)20(28)24-16(22(31)32)12-14-9-5-2-6-10-14/h1-10,15-18,25-26H,11-12H2,(H,23,27)(H,24,28)(H,29,30)(H,31,32)/t15-,16+,17-,18-/m0/s1.